The molecule has 2 aliphatic heterocycles. The summed E-state index contributed by atoms with van der Waals surface area (Å²) in [5, 5.41) is 2.97. The second kappa shape index (κ2) is 8.15. The summed E-state index contributed by atoms with van der Waals surface area (Å²) in [6.07, 6.45) is 0.566. The molecule has 3 aromatic carbocycles. The molecule has 2 aliphatic rings. The standard InChI is InChI=1S/C27H26N2O3/c1-27-16-22(21-14-8-9-15-23(21)32-27)24(25(30)28-27)26(31)29(17-19-10-4-2-5-11-19)18-20-12-6-3-7-13-20/h2-15,22,24H,16-18H2,1H3,(H,28,30). The molecule has 0 spiro atoms. The second-order valence-corrected chi connectivity index (χ2v) is 8.81. The molecule has 32 heavy (non-hydrogen) atoms. The Balaban J connectivity index is 1.50. The Hall–Kier alpha value is -3.60. The van der Waals surface area contributed by atoms with Crippen LogP contribution >= 0.6 is 0 Å². The number of amides is 2. The molecular formula is C27H26N2O3. The number of rotatable bonds is 5. The summed E-state index contributed by atoms with van der Waals surface area (Å²) in [4.78, 5) is 29.0. The Morgan fingerprint density at radius 1 is 0.938 bits per heavy atom. The van der Waals surface area contributed by atoms with Gasteiger partial charge in [0, 0.05) is 25.4 Å². The van der Waals surface area contributed by atoms with E-state index in [1.165, 1.54) is 0 Å². The zero-order valence-electron chi connectivity index (χ0n) is 18.0. The number of nitrogens with one attached hydrogen (secondary N) is 1. The van der Waals surface area contributed by atoms with Gasteiger partial charge in [-0.2, -0.15) is 0 Å². The average molecular weight is 427 g/mol. The summed E-state index contributed by atoms with van der Waals surface area (Å²) in [6.45, 7) is 2.77. The van der Waals surface area contributed by atoms with Gasteiger partial charge in [-0.1, -0.05) is 78.9 Å². The van der Waals surface area contributed by atoms with Gasteiger partial charge in [-0.25, -0.2) is 0 Å². The third-order valence-corrected chi connectivity index (χ3v) is 6.35. The number of carbonyl (C=O) groups excluding carboxylic acids is 2. The highest BCUT2D eigenvalue weighted by atomic mass is 16.5. The first-order chi connectivity index (χ1) is 15.5. The van der Waals surface area contributed by atoms with Crippen molar-refractivity contribution >= 4 is 11.8 Å². The van der Waals surface area contributed by atoms with Crippen molar-refractivity contribution in [3.05, 3.63) is 102 Å². The van der Waals surface area contributed by atoms with Gasteiger partial charge in [-0.15, -0.1) is 0 Å². The number of para-hydroxylation sites is 1. The summed E-state index contributed by atoms with van der Waals surface area (Å²) in [7, 11) is 0. The maximum atomic E-state index is 14.0. The van der Waals surface area contributed by atoms with E-state index in [-0.39, 0.29) is 17.7 Å². The molecule has 3 aromatic rings. The van der Waals surface area contributed by atoms with Crippen molar-refractivity contribution in [1.29, 1.82) is 0 Å². The number of piperidine rings is 1. The Bertz CT molecular complexity index is 1090. The molecule has 5 rings (SSSR count). The van der Waals surface area contributed by atoms with Crippen LogP contribution in [0.2, 0.25) is 0 Å². The average Bonchev–Trinajstić information content (AvgIpc) is 2.79. The third kappa shape index (κ3) is 3.86. The predicted octanol–water partition coefficient (Wildman–Crippen LogP) is 4.24. The van der Waals surface area contributed by atoms with Gasteiger partial charge in [0.15, 0.2) is 5.72 Å². The molecule has 0 aromatic heterocycles. The molecule has 1 fully saturated rings. The van der Waals surface area contributed by atoms with Gasteiger partial charge in [-0.3, -0.25) is 9.59 Å². The van der Waals surface area contributed by atoms with Gasteiger partial charge in [0.1, 0.15) is 11.7 Å². The molecule has 2 bridgehead atoms. The summed E-state index contributed by atoms with van der Waals surface area (Å²) >= 11 is 0. The lowest BCUT2D eigenvalue weighted by Gasteiger charge is -2.47. The van der Waals surface area contributed by atoms with E-state index in [1.807, 2.05) is 91.9 Å². The fourth-order valence-corrected chi connectivity index (χ4v) is 4.89. The van der Waals surface area contributed by atoms with E-state index >= 15 is 0 Å². The lowest BCUT2D eigenvalue weighted by molar-refractivity contribution is -0.153. The maximum Gasteiger partial charge on any atom is 0.236 e. The number of benzene rings is 3. The molecule has 3 unspecified atom stereocenters. The zero-order valence-corrected chi connectivity index (χ0v) is 18.0. The number of hydrogen-bond donors (Lipinski definition) is 1. The van der Waals surface area contributed by atoms with E-state index in [1.54, 1.807) is 4.90 Å². The minimum absolute atomic E-state index is 0.154. The molecule has 0 saturated carbocycles. The van der Waals surface area contributed by atoms with E-state index in [9.17, 15) is 9.59 Å². The van der Waals surface area contributed by atoms with Crippen LogP contribution in [0.3, 0.4) is 0 Å². The lowest BCUT2D eigenvalue weighted by atomic mass is 9.74. The quantitative estimate of drug-likeness (QED) is 0.621. The van der Waals surface area contributed by atoms with E-state index in [2.05, 4.69) is 5.32 Å². The molecule has 5 heteroatoms. The molecule has 2 amide bonds. The van der Waals surface area contributed by atoms with Crippen LogP contribution in [-0.2, 0) is 22.7 Å². The summed E-state index contributed by atoms with van der Waals surface area (Å²) in [6, 6.07) is 27.5. The first-order valence-corrected chi connectivity index (χ1v) is 11.0. The third-order valence-electron chi connectivity index (χ3n) is 6.35. The van der Waals surface area contributed by atoms with Gasteiger partial charge in [0.05, 0.1) is 0 Å². The maximum absolute atomic E-state index is 14.0. The Kier molecular flexibility index (Phi) is 5.17. The number of nitrogens with zero attached hydrogens (tertiary/aromatic N) is 1. The minimum Gasteiger partial charge on any atom is -0.468 e. The SMILES string of the molecule is CC12CC(c3ccccc3O1)C(C(=O)N(Cc1ccccc1)Cc1ccccc1)C(=O)N2. The number of hydrogen-bond acceptors (Lipinski definition) is 3. The highest BCUT2D eigenvalue weighted by molar-refractivity contribution is 6.02. The molecule has 3 atom stereocenters. The van der Waals surface area contributed by atoms with E-state index in [0.717, 1.165) is 22.4 Å². The van der Waals surface area contributed by atoms with Crippen LogP contribution in [0.25, 0.3) is 0 Å². The van der Waals surface area contributed by atoms with Gasteiger partial charge in [0.25, 0.3) is 0 Å². The molecular weight excluding hydrogens is 400 g/mol. The summed E-state index contributed by atoms with van der Waals surface area (Å²) in [5.74, 6) is -0.698. The zero-order chi connectivity index (χ0) is 22.1. The topological polar surface area (TPSA) is 58.6 Å². The van der Waals surface area contributed by atoms with Crippen LogP contribution in [0.15, 0.2) is 84.9 Å². The molecule has 1 N–H and O–H groups in total. The summed E-state index contributed by atoms with van der Waals surface area (Å²) < 4.78 is 6.08. The lowest BCUT2D eigenvalue weighted by Crippen LogP contribution is -2.63. The van der Waals surface area contributed by atoms with Crippen LogP contribution in [0.5, 0.6) is 5.75 Å². The number of carbonyl (C=O) groups is 2. The molecule has 2 heterocycles. The van der Waals surface area contributed by atoms with Crippen LogP contribution in [0.1, 0.15) is 36.0 Å². The normalized spacial score (nSPS) is 23.5. The molecule has 162 valence electrons. The first kappa shape index (κ1) is 20.3. The molecule has 5 nitrogen and oxygen atoms in total. The predicted molar refractivity (Wildman–Crippen MR) is 122 cm³/mol. The molecule has 1 saturated heterocycles. The van der Waals surface area contributed by atoms with Gasteiger partial charge < -0.3 is 15.0 Å². The van der Waals surface area contributed by atoms with Crippen LogP contribution < -0.4 is 10.1 Å². The fourth-order valence-electron chi connectivity index (χ4n) is 4.89. The Morgan fingerprint density at radius 3 is 2.12 bits per heavy atom. The first-order valence-electron chi connectivity index (χ1n) is 11.0. The monoisotopic (exact) mass is 426 g/mol. The molecule has 0 aliphatic carbocycles. The van der Waals surface area contributed by atoms with Crippen molar-refractivity contribution in [2.24, 2.45) is 5.92 Å². The summed E-state index contributed by atoms with van der Waals surface area (Å²) in [5.41, 5.74) is 2.20. The van der Waals surface area contributed by atoms with E-state index in [0.29, 0.717) is 19.5 Å². The highest BCUT2D eigenvalue weighted by Crippen LogP contribution is 2.47. The fraction of sp³-hybridized carbons (Fsp3) is 0.259. The van der Waals surface area contributed by atoms with Gasteiger partial charge in [0.2, 0.25) is 11.8 Å². The second-order valence-electron chi connectivity index (χ2n) is 8.81. The Labute approximate surface area is 188 Å². The van der Waals surface area contributed by atoms with Crippen molar-refractivity contribution in [2.45, 2.75) is 38.1 Å². The van der Waals surface area contributed by atoms with Gasteiger partial charge in [-0.05, 0) is 29.7 Å². The highest BCUT2D eigenvalue weighted by Gasteiger charge is 2.52. The molecule has 0 radical (unpaired) electrons. The van der Waals surface area contributed by atoms with Crippen molar-refractivity contribution in [1.82, 2.24) is 10.2 Å². The van der Waals surface area contributed by atoms with Gasteiger partial charge >= 0.3 is 0 Å². The largest absolute Gasteiger partial charge is 0.468 e. The minimum atomic E-state index is -0.795. The van der Waals surface area contributed by atoms with Crippen LogP contribution in [0, 0.1) is 5.92 Å². The number of fused-ring (bicyclic) bond motifs is 4. The Morgan fingerprint density at radius 2 is 1.50 bits per heavy atom. The van der Waals surface area contributed by atoms with Crippen molar-refractivity contribution in [3.8, 4) is 5.75 Å². The number of ether oxygens (including phenoxy) is 1. The smallest absolute Gasteiger partial charge is 0.236 e. The van der Waals surface area contributed by atoms with Crippen molar-refractivity contribution < 1.29 is 14.3 Å². The van der Waals surface area contributed by atoms with E-state index in [4.69, 9.17) is 4.74 Å². The van der Waals surface area contributed by atoms with Crippen molar-refractivity contribution in [2.75, 3.05) is 0 Å². The van der Waals surface area contributed by atoms with Crippen molar-refractivity contribution in [3.63, 3.8) is 0 Å². The van der Waals surface area contributed by atoms with E-state index < -0.39 is 11.6 Å². The van der Waals surface area contributed by atoms with Crippen LogP contribution in [0.4, 0.5) is 0 Å². The van der Waals surface area contributed by atoms with Crippen LogP contribution in [-0.4, -0.2) is 22.4 Å².